The maximum Gasteiger partial charge on any atom is 0.213 e. The van der Waals surface area contributed by atoms with Crippen molar-refractivity contribution >= 4 is 40.0 Å². The zero-order valence-corrected chi connectivity index (χ0v) is 19.6. The predicted octanol–water partition coefficient (Wildman–Crippen LogP) is 2.45. The maximum absolute atomic E-state index is 13.5. The molecule has 9 heteroatoms. The SMILES string of the molecule is CCS(=O)(=O)N1CCC(NC(=NC)NCC2(c3cccc(F)c3)CC2)CC1.I. The molecule has 1 saturated carbocycles. The first-order chi connectivity index (χ1) is 12.9. The molecule has 28 heavy (non-hydrogen) atoms. The lowest BCUT2D eigenvalue weighted by molar-refractivity contribution is 0.306. The number of nitrogens with one attached hydrogen (secondary N) is 2. The molecule has 0 atom stereocenters. The molecule has 1 saturated heterocycles. The first kappa shape index (κ1) is 23.3. The zero-order chi connectivity index (χ0) is 19.5. The third-order valence-corrected chi connectivity index (χ3v) is 7.54. The number of halogens is 2. The molecule has 1 aliphatic carbocycles. The fourth-order valence-electron chi connectivity index (χ4n) is 3.64. The molecular weight excluding hydrogens is 494 g/mol. The molecule has 1 aromatic carbocycles. The lowest BCUT2D eigenvalue weighted by atomic mass is 9.96. The van der Waals surface area contributed by atoms with E-state index in [1.807, 2.05) is 6.07 Å². The number of aliphatic imine (C=N–C) groups is 1. The Bertz CT molecular complexity index is 791. The van der Waals surface area contributed by atoms with E-state index in [0.29, 0.717) is 19.6 Å². The Balaban J connectivity index is 0.00000280. The maximum atomic E-state index is 13.5. The minimum atomic E-state index is -3.11. The van der Waals surface area contributed by atoms with E-state index in [-0.39, 0.29) is 47.0 Å². The van der Waals surface area contributed by atoms with Crippen molar-refractivity contribution in [3.63, 3.8) is 0 Å². The van der Waals surface area contributed by atoms with Crippen molar-refractivity contribution < 1.29 is 12.8 Å². The van der Waals surface area contributed by atoms with Crippen LogP contribution in [0.4, 0.5) is 4.39 Å². The molecule has 0 radical (unpaired) electrons. The molecule has 0 amide bonds. The van der Waals surface area contributed by atoms with Gasteiger partial charge in [-0.3, -0.25) is 4.99 Å². The first-order valence-corrected chi connectivity index (χ1v) is 11.2. The molecule has 0 bridgehead atoms. The van der Waals surface area contributed by atoms with Gasteiger partial charge in [-0.25, -0.2) is 17.1 Å². The smallest absolute Gasteiger partial charge is 0.213 e. The fourth-order valence-corrected chi connectivity index (χ4v) is 4.77. The molecule has 2 fully saturated rings. The second-order valence-electron chi connectivity index (χ2n) is 7.43. The van der Waals surface area contributed by atoms with E-state index in [2.05, 4.69) is 15.6 Å². The van der Waals surface area contributed by atoms with Gasteiger partial charge in [-0.2, -0.15) is 0 Å². The average molecular weight is 524 g/mol. The Labute approximate surface area is 184 Å². The van der Waals surface area contributed by atoms with E-state index in [1.165, 1.54) is 6.07 Å². The molecule has 0 spiro atoms. The average Bonchev–Trinajstić information content (AvgIpc) is 3.47. The second kappa shape index (κ2) is 9.71. The van der Waals surface area contributed by atoms with E-state index >= 15 is 0 Å². The lowest BCUT2D eigenvalue weighted by Gasteiger charge is -2.32. The largest absolute Gasteiger partial charge is 0.356 e. The molecule has 3 rings (SSSR count). The van der Waals surface area contributed by atoms with Crippen molar-refractivity contribution in [1.29, 1.82) is 0 Å². The molecule has 2 N–H and O–H groups in total. The summed E-state index contributed by atoms with van der Waals surface area (Å²) in [6.45, 7) is 3.47. The van der Waals surface area contributed by atoms with Crippen molar-refractivity contribution in [2.75, 3.05) is 32.4 Å². The van der Waals surface area contributed by atoms with Crippen LogP contribution in [0.1, 0.15) is 38.2 Å². The number of benzene rings is 1. The van der Waals surface area contributed by atoms with E-state index in [4.69, 9.17) is 0 Å². The molecule has 158 valence electrons. The standard InChI is InChI=1S/C19H29FN4O2S.HI/c1-3-27(25,26)24-11-7-17(8-12-24)23-18(21-2)22-14-19(9-10-19)15-5-4-6-16(20)13-15;/h4-6,13,17H,3,7-12,14H2,1-2H3,(H2,21,22,23);1H. The van der Waals surface area contributed by atoms with Gasteiger partial charge in [0.15, 0.2) is 5.96 Å². The van der Waals surface area contributed by atoms with Gasteiger partial charge in [-0.1, -0.05) is 12.1 Å². The van der Waals surface area contributed by atoms with Gasteiger partial charge < -0.3 is 10.6 Å². The van der Waals surface area contributed by atoms with Gasteiger partial charge in [0, 0.05) is 38.1 Å². The Hall–Kier alpha value is -0.940. The summed E-state index contributed by atoms with van der Waals surface area (Å²) in [5.74, 6) is 0.667. The second-order valence-corrected chi connectivity index (χ2v) is 9.69. The van der Waals surface area contributed by atoms with E-state index in [1.54, 1.807) is 30.4 Å². The summed E-state index contributed by atoms with van der Waals surface area (Å²) >= 11 is 0. The predicted molar refractivity (Wildman–Crippen MR) is 121 cm³/mol. The van der Waals surface area contributed by atoms with Crippen molar-refractivity contribution in [2.24, 2.45) is 4.99 Å². The van der Waals surface area contributed by atoms with E-state index in [0.717, 1.165) is 37.2 Å². The number of nitrogens with zero attached hydrogens (tertiary/aromatic N) is 2. The van der Waals surface area contributed by atoms with Crippen LogP contribution in [0.15, 0.2) is 29.3 Å². The van der Waals surface area contributed by atoms with Crippen molar-refractivity contribution in [3.05, 3.63) is 35.6 Å². The highest BCUT2D eigenvalue weighted by atomic mass is 127. The number of piperidine rings is 1. The molecule has 1 heterocycles. The van der Waals surface area contributed by atoms with Crippen molar-refractivity contribution in [3.8, 4) is 0 Å². The van der Waals surface area contributed by atoms with Gasteiger partial charge in [-0.15, -0.1) is 24.0 Å². The summed E-state index contributed by atoms with van der Waals surface area (Å²) in [6.07, 6.45) is 3.59. The fraction of sp³-hybridized carbons (Fsp3) is 0.632. The van der Waals surface area contributed by atoms with Crippen LogP contribution in [0.5, 0.6) is 0 Å². The van der Waals surface area contributed by atoms with Crippen molar-refractivity contribution in [2.45, 2.75) is 44.1 Å². The van der Waals surface area contributed by atoms with Crippen LogP contribution in [-0.2, 0) is 15.4 Å². The number of hydrogen-bond acceptors (Lipinski definition) is 3. The monoisotopic (exact) mass is 524 g/mol. The topological polar surface area (TPSA) is 73.8 Å². The van der Waals surface area contributed by atoms with E-state index < -0.39 is 10.0 Å². The molecule has 6 nitrogen and oxygen atoms in total. The van der Waals surface area contributed by atoms with Crippen LogP contribution in [0.2, 0.25) is 0 Å². The lowest BCUT2D eigenvalue weighted by Crippen LogP contribution is -2.50. The van der Waals surface area contributed by atoms with Gasteiger partial charge in [0.05, 0.1) is 5.75 Å². The molecule has 0 aromatic heterocycles. The number of sulfonamides is 1. The minimum absolute atomic E-state index is 0. The van der Waals surface area contributed by atoms with Crippen LogP contribution < -0.4 is 10.6 Å². The quantitative estimate of drug-likeness (QED) is 0.341. The van der Waals surface area contributed by atoms with Crippen molar-refractivity contribution in [1.82, 2.24) is 14.9 Å². The number of guanidine groups is 1. The van der Waals surface area contributed by atoms with E-state index in [9.17, 15) is 12.8 Å². The summed E-state index contributed by atoms with van der Waals surface area (Å²) in [5, 5.41) is 6.78. The molecule has 1 aromatic rings. The Morgan fingerprint density at radius 3 is 2.54 bits per heavy atom. The Kier molecular flexibility index (Phi) is 8.09. The third-order valence-electron chi connectivity index (χ3n) is 5.66. The Morgan fingerprint density at radius 2 is 2.00 bits per heavy atom. The van der Waals surface area contributed by atoms with Crippen LogP contribution in [0.25, 0.3) is 0 Å². The highest BCUT2D eigenvalue weighted by molar-refractivity contribution is 14.0. The molecular formula is C19H30FIN4O2S. The van der Waals surface area contributed by atoms with Gasteiger partial charge in [0.1, 0.15) is 5.82 Å². The highest BCUT2D eigenvalue weighted by Gasteiger charge is 2.44. The minimum Gasteiger partial charge on any atom is -0.356 e. The van der Waals surface area contributed by atoms with Gasteiger partial charge in [0.2, 0.25) is 10.0 Å². The number of rotatable bonds is 6. The summed E-state index contributed by atoms with van der Waals surface area (Å²) in [7, 11) is -1.38. The van der Waals surface area contributed by atoms with Gasteiger partial charge in [-0.05, 0) is 50.3 Å². The zero-order valence-electron chi connectivity index (χ0n) is 16.4. The first-order valence-electron chi connectivity index (χ1n) is 9.59. The highest BCUT2D eigenvalue weighted by Crippen LogP contribution is 2.47. The summed E-state index contributed by atoms with van der Waals surface area (Å²) in [4.78, 5) is 4.30. The van der Waals surface area contributed by atoms with Gasteiger partial charge >= 0.3 is 0 Å². The molecule has 2 aliphatic rings. The summed E-state index contributed by atoms with van der Waals surface area (Å²) in [6, 6.07) is 7.03. The molecule has 1 aliphatic heterocycles. The number of hydrogen-bond donors (Lipinski definition) is 2. The van der Waals surface area contributed by atoms with Crippen LogP contribution in [0, 0.1) is 5.82 Å². The van der Waals surface area contributed by atoms with Crippen LogP contribution >= 0.6 is 24.0 Å². The summed E-state index contributed by atoms with van der Waals surface area (Å²) in [5.41, 5.74) is 1.02. The normalized spacial score (nSPS) is 20.3. The Morgan fingerprint density at radius 1 is 1.32 bits per heavy atom. The van der Waals surface area contributed by atoms with Crippen LogP contribution in [-0.4, -0.2) is 57.2 Å². The molecule has 0 unspecified atom stereocenters. The van der Waals surface area contributed by atoms with Crippen LogP contribution in [0.3, 0.4) is 0 Å². The summed E-state index contributed by atoms with van der Waals surface area (Å²) < 4.78 is 39.0. The van der Waals surface area contributed by atoms with Gasteiger partial charge in [0.25, 0.3) is 0 Å². The third kappa shape index (κ3) is 5.56.